The van der Waals surface area contributed by atoms with Gasteiger partial charge in [-0.05, 0) is 33.8 Å². The molecular weight excluding hydrogens is 279 g/mol. The predicted molar refractivity (Wildman–Crippen MR) is 75.8 cm³/mol. The Morgan fingerprint density at radius 2 is 1.70 bits per heavy atom. The molecule has 1 fully saturated rings. The van der Waals surface area contributed by atoms with Crippen molar-refractivity contribution in [1.29, 1.82) is 0 Å². The Labute approximate surface area is 122 Å². The molecule has 0 saturated carbocycles. The van der Waals surface area contributed by atoms with Crippen LogP contribution in [0.15, 0.2) is 6.07 Å². The van der Waals surface area contributed by atoms with Gasteiger partial charge in [-0.1, -0.05) is 0 Å². The Balaban J connectivity index is 1.90. The second-order valence-electron chi connectivity index (χ2n) is 5.91. The zero-order valence-electron chi connectivity index (χ0n) is 12.0. The number of rotatable bonds is 1. The molecule has 2 aliphatic heterocycles. The molecular formula is C13H17BO5S. The second kappa shape index (κ2) is 4.48. The van der Waals surface area contributed by atoms with Crippen LogP contribution < -0.4 is 9.51 Å². The van der Waals surface area contributed by atoms with Crippen molar-refractivity contribution in [2.45, 2.75) is 38.9 Å². The summed E-state index contributed by atoms with van der Waals surface area (Å²) in [5, 5.41) is 0. The Bertz CT molecular complexity index is 535. The van der Waals surface area contributed by atoms with E-state index in [2.05, 4.69) is 0 Å². The highest BCUT2D eigenvalue weighted by molar-refractivity contribution is 7.24. The minimum Gasteiger partial charge on any atom is -0.488 e. The van der Waals surface area contributed by atoms with Crippen molar-refractivity contribution in [3.63, 3.8) is 0 Å². The minimum atomic E-state index is -0.478. The Hall–Kier alpha value is -1.05. The number of esters is 1. The van der Waals surface area contributed by atoms with Gasteiger partial charge in [0.25, 0.3) is 0 Å². The molecule has 108 valence electrons. The standard InChI is InChI=1S/C13H17BO5S/c1-12(2)13(3,4)19-14(18-12)9-7-8-10(20-9)11(15)17-6-5-16-8/h7H,5-6H2,1-4H3. The lowest BCUT2D eigenvalue weighted by atomic mass is 9.88. The summed E-state index contributed by atoms with van der Waals surface area (Å²) in [7, 11) is -0.478. The van der Waals surface area contributed by atoms with E-state index < -0.39 is 18.3 Å². The first kappa shape index (κ1) is 13.9. The second-order valence-corrected chi connectivity index (χ2v) is 7.00. The molecule has 1 aromatic rings. The number of hydrogen-bond acceptors (Lipinski definition) is 6. The Morgan fingerprint density at radius 3 is 2.35 bits per heavy atom. The van der Waals surface area contributed by atoms with Crippen molar-refractivity contribution in [3.05, 3.63) is 10.9 Å². The fraction of sp³-hybridized carbons (Fsp3) is 0.615. The van der Waals surface area contributed by atoms with Gasteiger partial charge in [0, 0.05) is 4.78 Å². The van der Waals surface area contributed by atoms with Crippen molar-refractivity contribution in [2.24, 2.45) is 0 Å². The van der Waals surface area contributed by atoms with Crippen LogP contribution in [0.1, 0.15) is 37.4 Å². The monoisotopic (exact) mass is 296 g/mol. The SMILES string of the molecule is CC1(C)OB(c2cc3c(s2)C(=O)OCCO3)OC1(C)C. The van der Waals surface area contributed by atoms with Crippen LogP contribution in [0.4, 0.5) is 0 Å². The highest BCUT2D eigenvalue weighted by atomic mass is 32.1. The van der Waals surface area contributed by atoms with E-state index in [4.69, 9.17) is 18.8 Å². The zero-order valence-corrected chi connectivity index (χ0v) is 12.8. The third-order valence-electron chi connectivity index (χ3n) is 3.96. The fourth-order valence-corrected chi connectivity index (χ4v) is 3.02. The first-order valence-corrected chi connectivity index (χ1v) is 7.41. The molecule has 20 heavy (non-hydrogen) atoms. The normalized spacial score (nSPS) is 23.8. The van der Waals surface area contributed by atoms with E-state index in [1.807, 2.05) is 33.8 Å². The van der Waals surface area contributed by atoms with E-state index in [-0.39, 0.29) is 12.6 Å². The summed E-state index contributed by atoms with van der Waals surface area (Å²) < 4.78 is 23.3. The maximum atomic E-state index is 11.8. The van der Waals surface area contributed by atoms with Crippen molar-refractivity contribution < 1.29 is 23.6 Å². The molecule has 0 spiro atoms. The van der Waals surface area contributed by atoms with Crippen LogP contribution >= 0.6 is 11.3 Å². The van der Waals surface area contributed by atoms with E-state index in [9.17, 15) is 4.79 Å². The molecule has 3 heterocycles. The molecule has 0 radical (unpaired) electrons. The highest BCUT2D eigenvalue weighted by Gasteiger charge is 2.52. The maximum Gasteiger partial charge on any atom is 0.505 e. The molecule has 5 nitrogen and oxygen atoms in total. The largest absolute Gasteiger partial charge is 0.505 e. The quantitative estimate of drug-likeness (QED) is 0.582. The van der Waals surface area contributed by atoms with Crippen LogP contribution in [0.2, 0.25) is 0 Å². The third-order valence-corrected chi connectivity index (χ3v) is 5.08. The summed E-state index contributed by atoms with van der Waals surface area (Å²) in [5.74, 6) is 0.215. The van der Waals surface area contributed by atoms with Gasteiger partial charge in [0.1, 0.15) is 19.0 Å². The molecule has 2 aliphatic rings. The molecule has 3 rings (SSSR count). The molecule has 1 aromatic heterocycles. The van der Waals surface area contributed by atoms with Crippen molar-refractivity contribution in [1.82, 2.24) is 0 Å². The molecule has 1 saturated heterocycles. The lowest BCUT2D eigenvalue weighted by Crippen LogP contribution is -2.41. The summed E-state index contributed by atoms with van der Waals surface area (Å²) >= 11 is 1.31. The molecule has 0 aliphatic carbocycles. The molecule has 0 N–H and O–H groups in total. The third kappa shape index (κ3) is 2.14. The first-order valence-electron chi connectivity index (χ1n) is 6.59. The van der Waals surface area contributed by atoms with E-state index in [1.54, 1.807) is 0 Å². The number of carbonyl (C=O) groups is 1. The summed E-state index contributed by atoms with van der Waals surface area (Å²) in [6, 6.07) is 1.81. The Kier molecular flexibility index (Phi) is 3.11. The minimum absolute atomic E-state index is 0.284. The number of fused-ring (bicyclic) bond motifs is 1. The van der Waals surface area contributed by atoms with Gasteiger partial charge >= 0.3 is 13.1 Å². The lowest BCUT2D eigenvalue weighted by molar-refractivity contribution is 0.00578. The van der Waals surface area contributed by atoms with Gasteiger partial charge in [-0.15, -0.1) is 11.3 Å². The van der Waals surface area contributed by atoms with Crippen LogP contribution in [0, 0.1) is 0 Å². The number of thiophene rings is 1. The lowest BCUT2D eigenvalue weighted by Gasteiger charge is -2.32. The van der Waals surface area contributed by atoms with Crippen molar-refractivity contribution >= 4 is 29.2 Å². The number of ether oxygens (including phenoxy) is 2. The van der Waals surface area contributed by atoms with Gasteiger partial charge in [-0.3, -0.25) is 0 Å². The van der Waals surface area contributed by atoms with E-state index >= 15 is 0 Å². The van der Waals surface area contributed by atoms with Gasteiger partial charge in [0.05, 0.1) is 11.2 Å². The number of hydrogen-bond donors (Lipinski definition) is 0. The Morgan fingerprint density at radius 1 is 1.10 bits per heavy atom. The fourth-order valence-electron chi connectivity index (χ4n) is 2.07. The topological polar surface area (TPSA) is 54.0 Å². The van der Waals surface area contributed by atoms with E-state index in [0.29, 0.717) is 17.2 Å². The molecule has 0 bridgehead atoms. The summed E-state index contributed by atoms with van der Waals surface area (Å²) in [5.41, 5.74) is -0.805. The van der Waals surface area contributed by atoms with Crippen LogP contribution in [0.3, 0.4) is 0 Å². The van der Waals surface area contributed by atoms with Crippen molar-refractivity contribution in [2.75, 3.05) is 13.2 Å². The predicted octanol–water partition coefficient (Wildman–Crippen LogP) is 1.60. The molecule has 0 aromatic carbocycles. The van der Waals surface area contributed by atoms with Gasteiger partial charge < -0.3 is 18.8 Å². The average molecular weight is 296 g/mol. The van der Waals surface area contributed by atoms with Gasteiger partial charge in [0.15, 0.2) is 4.88 Å². The van der Waals surface area contributed by atoms with Gasteiger partial charge in [0.2, 0.25) is 0 Å². The maximum absolute atomic E-state index is 11.8. The van der Waals surface area contributed by atoms with Crippen LogP contribution in [-0.4, -0.2) is 37.5 Å². The highest BCUT2D eigenvalue weighted by Crippen LogP contribution is 2.38. The van der Waals surface area contributed by atoms with Crippen molar-refractivity contribution in [3.8, 4) is 5.75 Å². The first-order chi connectivity index (χ1) is 9.30. The summed E-state index contributed by atoms with van der Waals surface area (Å²) in [6.45, 7) is 8.64. The smallest absolute Gasteiger partial charge is 0.488 e. The number of cyclic esters (lactones) is 1. The molecule has 0 atom stereocenters. The van der Waals surface area contributed by atoms with E-state index in [1.165, 1.54) is 11.3 Å². The molecule has 0 amide bonds. The van der Waals surface area contributed by atoms with Crippen LogP contribution in [0.5, 0.6) is 5.75 Å². The summed E-state index contributed by atoms with van der Waals surface area (Å²) in [6.07, 6.45) is 0. The zero-order chi connectivity index (χ0) is 14.5. The molecule has 7 heteroatoms. The van der Waals surface area contributed by atoms with Crippen LogP contribution in [0.25, 0.3) is 0 Å². The average Bonchev–Trinajstić information content (AvgIpc) is 2.79. The van der Waals surface area contributed by atoms with E-state index in [0.717, 1.165) is 4.78 Å². The molecule has 0 unspecified atom stereocenters. The number of carbonyl (C=O) groups excluding carboxylic acids is 1. The van der Waals surface area contributed by atoms with Gasteiger partial charge in [-0.25, -0.2) is 4.79 Å². The van der Waals surface area contributed by atoms with Gasteiger partial charge in [-0.2, -0.15) is 0 Å². The van der Waals surface area contributed by atoms with Crippen LogP contribution in [-0.2, 0) is 14.0 Å². The summed E-state index contributed by atoms with van der Waals surface area (Å²) in [4.78, 5) is 12.3.